The Kier molecular flexibility index (Phi) is 3.75. The molecule has 1 aliphatic heterocycles. The normalized spacial score (nSPS) is 18.8. The van der Waals surface area contributed by atoms with E-state index in [9.17, 15) is 0 Å². The monoisotopic (exact) mass is 262 g/mol. The van der Waals surface area contributed by atoms with Crippen LogP contribution in [0.4, 0.5) is 0 Å². The summed E-state index contributed by atoms with van der Waals surface area (Å²) in [5, 5.41) is 1.45. The smallest absolute Gasteiger partial charge is 0.192 e. The van der Waals surface area contributed by atoms with Gasteiger partial charge in [0.1, 0.15) is 0 Å². The summed E-state index contributed by atoms with van der Waals surface area (Å²) in [6.45, 7) is 11.9. The summed E-state index contributed by atoms with van der Waals surface area (Å²) in [5.74, 6) is -0.553. The molecule has 0 N–H and O–H groups in total. The van der Waals surface area contributed by atoms with Crippen LogP contribution in [0, 0.1) is 0 Å². The minimum absolute atomic E-state index is 0.553. The van der Waals surface area contributed by atoms with Gasteiger partial charge in [-0.15, -0.1) is 6.58 Å². The second-order valence-corrected chi connectivity index (χ2v) is 10.4. The Hall–Kier alpha value is -0.903. The first-order chi connectivity index (χ1) is 8.48. The number of rotatable bonds is 4. The van der Waals surface area contributed by atoms with Crippen LogP contribution in [0.25, 0.3) is 0 Å². The van der Waals surface area contributed by atoms with Crippen molar-refractivity contribution in [3.05, 3.63) is 42.5 Å². The Morgan fingerprint density at radius 3 is 2.28 bits per heavy atom. The van der Waals surface area contributed by atoms with Gasteiger partial charge in [-0.25, -0.2) is 0 Å². The maximum atomic E-state index is 5.67. The van der Waals surface area contributed by atoms with Gasteiger partial charge in [0.05, 0.1) is 21.3 Å². The molecule has 0 atom stereocenters. The van der Waals surface area contributed by atoms with E-state index in [1.807, 2.05) is 13.0 Å². The standard InChI is InChI=1S/C15H22O2Si/c1-5-12-18(3,4)14-8-6-13(7-9-14)15(2)16-10-11-17-15/h5-9H,1,10-12H2,2-4H3. The van der Waals surface area contributed by atoms with Gasteiger partial charge in [-0.3, -0.25) is 0 Å². The summed E-state index contributed by atoms with van der Waals surface area (Å²) in [4.78, 5) is 0. The predicted octanol–water partition coefficient (Wildman–Crippen LogP) is 3.01. The Morgan fingerprint density at radius 2 is 1.78 bits per heavy atom. The maximum absolute atomic E-state index is 5.67. The van der Waals surface area contributed by atoms with Crippen molar-refractivity contribution in [2.45, 2.75) is 31.8 Å². The van der Waals surface area contributed by atoms with Crippen LogP contribution < -0.4 is 5.19 Å². The van der Waals surface area contributed by atoms with Gasteiger partial charge in [0, 0.05) is 5.56 Å². The van der Waals surface area contributed by atoms with Crippen LogP contribution in [0.5, 0.6) is 0 Å². The van der Waals surface area contributed by atoms with E-state index in [0.29, 0.717) is 13.2 Å². The van der Waals surface area contributed by atoms with Gasteiger partial charge in [-0.2, -0.15) is 0 Å². The van der Waals surface area contributed by atoms with Crippen molar-refractivity contribution in [3.63, 3.8) is 0 Å². The summed E-state index contributed by atoms with van der Waals surface area (Å²) in [5.41, 5.74) is 1.10. The van der Waals surface area contributed by atoms with Crippen molar-refractivity contribution >= 4 is 13.3 Å². The highest BCUT2D eigenvalue weighted by molar-refractivity contribution is 6.90. The first-order valence-corrected chi connectivity index (χ1v) is 9.68. The van der Waals surface area contributed by atoms with Crippen LogP contribution in [0.2, 0.25) is 19.1 Å². The summed E-state index contributed by atoms with van der Waals surface area (Å²) in [6.07, 6.45) is 2.03. The molecule has 0 bridgehead atoms. The van der Waals surface area contributed by atoms with Crippen LogP contribution in [-0.4, -0.2) is 21.3 Å². The van der Waals surface area contributed by atoms with Crippen LogP contribution >= 0.6 is 0 Å². The van der Waals surface area contributed by atoms with Crippen molar-refractivity contribution in [3.8, 4) is 0 Å². The SMILES string of the molecule is C=CC[Si](C)(C)c1ccc(C2(C)OCCO2)cc1. The van der Waals surface area contributed by atoms with Crippen LogP contribution in [0.15, 0.2) is 36.9 Å². The van der Waals surface area contributed by atoms with Gasteiger partial charge < -0.3 is 9.47 Å². The predicted molar refractivity (Wildman–Crippen MR) is 77.8 cm³/mol. The van der Waals surface area contributed by atoms with E-state index in [4.69, 9.17) is 9.47 Å². The molecule has 1 aromatic carbocycles. The third kappa shape index (κ3) is 2.58. The zero-order valence-electron chi connectivity index (χ0n) is 11.5. The minimum atomic E-state index is -1.37. The first kappa shape index (κ1) is 13.5. The van der Waals surface area contributed by atoms with Gasteiger partial charge in [0.25, 0.3) is 0 Å². The van der Waals surface area contributed by atoms with Gasteiger partial charge >= 0.3 is 0 Å². The molecule has 1 saturated heterocycles. The molecule has 0 aliphatic carbocycles. The van der Waals surface area contributed by atoms with Crippen molar-refractivity contribution in [2.75, 3.05) is 13.2 Å². The fraction of sp³-hybridized carbons (Fsp3) is 0.467. The first-order valence-electron chi connectivity index (χ1n) is 6.48. The van der Waals surface area contributed by atoms with E-state index in [1.54, 1.807) is 0 Å². The lowest BCUT2D eigenvalue weighted by molar-refractivity contribution is -0.149. The lowest BCUT2D eigenvalue weighted by atomic mass is 10.1. The highest BCUT2D eigenvalue weighted by Gasteiger charge is 2.33. The average molecular weight is 262 g/mol. The zero-order chi connectivity index (χ0) is 13.2. The Bertz CT molecular complexity index is 417. The van der Waals surface area contributed by atoms with Crippen molar-refractivity contribution in [1.29, 1.82) is 0 Å². The van der Waals surface area contributed by atoms with E-state index in [1.165, 1.54) is 5.19 Å². The molecule has 0 radical (unpaired) electrons. The number of hydrogen-bond donors (Lipinski definition) is 0. The summed E-state index contributed by atoms with van der Waals surface area (Å²) in [7, 11) is -1.37. The molecule has 1 aliphatic rings. The maximum Gasteiger partial charge on any atom is 0.192 e. The quantitative estimate of drug-likeness (QED) is 0.613. The molecule has 0 saturated carbocycles. The molecular weight excluding hydrogens is 240 g/mol. The second-order valence-electron chi connectivity index (χ2n) is 5.60. The molecule has 0 aromatic heterocycles. The summed E-state index contributed by atoms with van der Waals surface area (Å²) < 4.78 is 11.3. The van der Waals surface area contributed by atoms with E-state index in [2.05, 4.69) is 43.9 Å². The summed E-state index contributed by atoms with van der Waals surface area (Å²) in [6, 6.07) is 9.83. The molecule has 98 valence electrons. The molecule has 2 rings (SSSR count). The van der Waals surface area contributed by atoms with Gasteiger partial charge in [-0.1, -0.05) is 48.6 Å². The third-order valence-corrected chi connectivity index (χ3v) is 6.89. The Morgan fingerprint density at radius 1 is 1.22 bits per heavy atom. The average Bonchev–Trinajstić information content (AvgIpc) is 2.78. The molecule has 1 aromatic rings. The minimum Gasteiger partial charge on any atom is -0.344 e. The van der Waals surface area contributed by atoms with Gasteiger partial charge in [0.15, 0.2) is 5.79 Å². The molecule has 0 spiro atoms. The number of benzene rings is 1. The topological polar surface area (TPSA) is 18.5 Å². The summed E-state index contributed by atoms with van der Waals surface area (Å²) >= 11 is 0. The lowest BCUT2D eigenvalue weighted by Crippen LogP contribution is -2.40. The molecule has 18 heavy (non-hydrogen) atoms. The fourth-order valence-electron chi connectivity index (χ4n) is 2.38. The van der Waals surface area contributed by atoms with E-state index in [0.717, 1.165) is 11.6 Å². The van der Waals surface area contributed by atoms with Gasteiger partial charge in [0.2, 0.25) is 0 Å². The van der Waals surface area contributed by atoms with Crippen LogP contribution in [0.3, 0.4) is 0 Å². The van der Waals surface area contributed by atoms with Gasteiger partial charge in [-0.05, 0) is 13.0 Å². The molecule has 0 amide bonds. The Labute approximate surface area is 111 Å². The lowest BCUT2D eigenvalue weighted by Gasteiger charge is -2.25. The molecule has 1 fully saturated rings. The zero-order valence-corrected chi connectivity index (χ0v) is 12.5. The number of allylic oxidation sites excluding steroid dienone is 1. The number of hydrogen-bond acceptors (Lipinski definition) is 2. The molecule has 3 heteroatoms. The molecule has 2 nitrogen and oxygen atoms in total. The highest BCUT2D eigenvalue weighted by atomic mass is 28.3. The molecular formula is C15H22O2Si. The van der Waals surface area contributed by atoms with Crippen molar-refractivity contribution in [2.24, 2.45) is 0 Å². The van der Waals surface area contributed by atoms with Crippen molar-refractivity contribution < 1.29 is 9.47 Å². The highest BCUT2D eigenvalue weighted by Crippen LogP contribution is 2.30. The number of ether oxygens (including phenoxy) is 2. The van der Waals surface area contributed by atoms with E-state index >= 15 is 0 Å². The largest absolute Gasteiger partial charge is 0.344 e. The second kappa shape index (κ2) is 5.00. The van der Waals surface area contributed by atoms with Crippen LogP contribution in [-0.2, 0) is 15.3 Å². The van der Waals surface area contributed by atoms with E-state index in [-0.39, 0.29) is 0 Å². The Balaban J connectivity index is 2.22. The molecule has 1 heterocycles. The van der Waals surface area contributed by atoms with Crippen molar-refractivity contribution in [1.82, 2.24) is 0 Å². The van der Waals surface area contributed by atoms with E-state index < -0.39 is 13.9 Å². The molecule has 0 unspecified atom stereocenters. The fourth-order valence-corrected chi connectivity index (χ4v) is 4.41. The van der Waals surface area contributed by atoms with Crippen LogP contribution in [0.1, 0.15) is 12.5 Å². The third-order valence-electron chi connectivity index (χ3n) is 3.68.